The zero-order chi connectivity index (χ0) is 11.8. The monoisotopic (exact) mass is 225 g/mol. The van der Waals surface area contributed by atoms with Crippen LogP contribution in [0.1, 0.15) is 20.3 Å². The van der Waals surface area contributed by atoms with Crippen LogP contribution in [0.5, 0.6) is 0 Å². The number of carbonyl (C=O) groups is 2. The molecule has 2 aliphatic rings. The number of nitrogens with one attached hydrogen (secondary N) is 3. The summed E-state index contributed by atoms with van der Waals surface area (Å²) in [6.45, 7) is 5.79. The number of piperazine rings is 1. The van der Waals surface area contributed by atoms with E-state index in [1.165, 1.54) is 6.42 Å². The molecule has 2 atom stereocenters. The molecule has 0 aromatic rings. The maximum absolute atomic E-state index is 11.7. The van der Waals surface area contributed by atoms with Gasteiger partial charge in [-0.3, -0.25) is 14.9 Å². The smallest absolute Gasteiger partial charge is 0.238 e. The van der Waals surface area contributed by atoms with Gasteiger partial charge in [0.1, 0.15) is 6.04 Å². The van der Waals surface area contributed by atoms with Gasteiger partial charge in [-0.25, -0.2) is 0 Å². The summed E-state index contributed by atoms with van der Waals surface area (Å²) >= 11 is 0. The molecule has 2 rings (SSSR count). The second kappa shape index (κ2) is 4.05. The summed E-state index contributed by atoms with van der Waals surface area (Å²) in [7, 11) is 0. The average molecular weight is 225 g/mol. The fourth-order valence-electron chi connectivity index (χ4n) is 2.02. The molecule has 3 N–H and O–H groups in total. The van der Waals surface area contributed by atoms with Gasteiger partial charge in [-0.1, -0.05) is 13.8 Å². The van der Waals surface area contributed by atoms with E-state index in [-0.39, 0.29) is 24.4 Å². The molecule has 2 unspecified atom stereocenters. The van der Waals surface area contributed by atoms with Crippen molar-refractivity contribution < 1.29 is 9.59 Å². The molecule has 0 radical (unpaired) electrons. The Morgan fingerprint density at radius 2 is 2.25 bits per heavy atom. The third-order valence-electron chi connectivity index (χ3n) is 3.57. The quantitative estimate of drug-likeness (QED) is 0.591. The first-order valence-electron chi connectivity index (χ1n) is 5.77. The van der Waals surface area contributed by atoms with Crippen molar-refractivity contribution in [3.63, 3.8) is 0 Å². The molecule has 1 heterocycles. The minimum Gasteiger partial charge on any atom is -0.354 e. The minimum atomic E-state index is -0.278. The van der Waals surface area contributed by atoms with E-state index in [1.807, 2.05) is 0 Å². The standard InChI is InChI=1S/C11H19N3O2/c1-11(2)3-7(11)4-14-10(16)8-5-13-9(15)6-12-8/h7-8,12H,3-6H2,1-2H3,(H,13,15)(H,14,16). The molecule has 90 valence electrons. The Labute approximate surface area is 95.3 Å². The molecule has 0 bridgehead atoms. The number of carbonyl (C=O) groups excluding carboxylic acids is 2. The van der Waals surface area contributed by atoms with Crippen molar-refractivity contribution in [2.45, 2.75) is 26.3 Å². The number of rotatable bonds is 3. The van der Waals surface area contributed by atoms with E-state index in [0.717, 1.165) is 6.54 Å². The predicted molar refractivity (Wildman–Crippen MR) is 59.7 cm³/mol. The van der Waals surface area contributed by atoms with Crippen LogP contribution in [0.3, 0.4) is 0 Å². The Hall–Kier alpha value is -1.10. The fourth-order valence-corrected chi connectivity index (χ4v) is 2.02. The van der Waals surface area contributed by atoms with Crippen LogP contribution in [0, 0.1) is 11.3 Å². The first kappa shape index (κ1) is 11.4. The van der Waals surface area contributed by atoms with Crippen LogP contribution < -0.4 is 16.0 Å². The van der Waals surface area contributed by atoms with Crippen LogP contribution in [0.4, 0.5) is 0 Å². The van der Waals surface area contributed by atoms with E-state index in [9.17, 15) is 9.59 Å². The molecule has 0 spiro atoms. The lowest BCUT2D eigenvalue weighted by Crippen LogP contribution is -2.58. The van der Waals surface area contributed by atoms with Crippen molar-refractivity contribution in [2.75, 3.05) is 19.6 Å². The van der Waals surface area contributed by atoms with Crippen molar-refractivity contribution in [2.24, 2.45) is 11.3 Å². The molecule has 2 amide bonds. The van der Waals surface area contributed by atoms with E-state index in [2.05, 4.69) is 29.8 Å². The third-order valence-corrected chi connectivity index (χ3v) is 3.57. The van der Waals surface area contributed by atoms with Crippen molar-refractivity contribution in [3.8, 4) is 0 Å². The summed E-state index contributed by atoms with van der Waals surface area (Å²) in [5.74, 6) is 0.546. The Balaban J connectivity index is 1.70. The van der Waals surface area contributed by atoms with Crippen LogP contribution in [0.2, 0.25) is 0 Å². The van der Waals surface area contributed by atoms with Gasteiger partial charge in [-0.05, 0) is 17.8 Å². The number of hydrogen-bond acceptors (Lipinski definition) is 3. The van der Waals surface area contributed by atoms with E-state index in [1.54, 1.807) is 0 Å². The van der Waals surface area contributed by atoms with Gasteiger partial charge >= 0.3 is 0 Å². The SMILES string of the molecule is CC1(C)CC1CNC(=O)C1CNC(=O)CN1. The molecule has 1 aliphatic carbocycles. The molecule has 1 saturated heterocycles. The maximum atomic E-state index is 11.7. The number of hydrogen-bond donors (Lipinski definition) is 3. The highest BCUT2D eigenvalue weighted by Crippen LogP contribution is 2.50. The first-order chi connectivity index (χ1) is 7.49. The lowest BCUT2D eigenvalue weighted by atomic mass is 10.1. The van der Waals surface area contributed by atoms with Gasteiger partial charge < -0.3 is 10.6 Å². The van der Waals surface area contributed by atoms with Crippen LogP contribution in [-0.4, -0.2) is 37.5 Å². The van der Waals surface area contributed by atoms with E-state index in [0.29, 0.717) is 17.9 Å². The fraction of sp³-hybridized carbons (Fsp3) is 0.818. The summed E-state index contributed by atoms with van der Waals surface area (Å²) in [4.78, 5) is 22.6. The van der Waals surface area contributed by atoms with Crippen LogP contribution in [0.15, 0.2) is 0 Å². The van der Waals surface area contributed by atoms with Crippen molar-refractivity contribution >= 4 is 11.8 Å². The molecule has 1 saturated carbocycles. The molecule has 1 aliphatic heterocycles. The Morgan fingerprint density at radius 1 is 1.56 bits per heavy atom. The number of amides is 2. The maximum Gasteiger partial charge on any atom is 0.238 e. The molecule has 16 heavy (non-hydrogen) atoms. The summed E-state index contributed by atoms with van der Waals surface area (Å²) in [6.07, 6.45) is 1.18. The zero-order valence-corrected chi connectivity index (χ0v) is 9.80. The second-order valence-electron chi connectivity index (χ2n) is 5.37. The van der Waals surface area contributed by atoms with E-state index in [4.69, 9.17) is 0 Å². The summed E-state index contributed by atoms with van der Waals surface area (Å²) < 4.78 is 0. The van der Waals surface area contributed by atoms with Gasteiger partial charge in [0, 0.05) is 13.1 Å². The highest BCUT2D eigenvalue weighted by atomic mass is 16.2. The van der Waals surface area contributed by atoms with Gasteiger partial charge in [0.15, 0.2) is 0 Å². The topological polar surface area (TPSA) is 70.2 Å². The predicted octanol–water partition coefficient (Wildman–Crippen LogP) is -0.763. The largest absolute Gasteiger partial charge is 0.354 e. The highest BCUT2D eigenvalue weighted by molar-refractivity contribution is 5.86. The molecule has 0 aromatic heterocycles. The molecule has 5 nitrogen and oxygen atoms in total. The second-order valence-corrected chi connectivity index (χ2v) is 5.37. The van der Waals surface area contributed by atoms with Crippen LogP contribution in [0.25, 0.3) is 0 Å². The average Bonchev–Trinajstić information content (AvgIpc) is 2.84. The summed E-state index contributed by atoms with van der Waals surface area (Å²) in [5.41, 5.74) is 0.390. The Kier molecular flexibility index (Phi) is 2.88. The van der Waals surface area contributed by atoms with E-state index < -0.39 is 0 Å². The van der Waals surface area contributed by atoms with Gasteiger partial charge in [0.2, 0.25) is 11.8 Å². The van der Waals surface area contributed by atoms with Gasteiger partial charge in [0.25, 0.3) is 0 Å². The lowest BCUT2D eigenvalue weighted by Gasteiger charge is -2.23. The lowest BCUT2D eigenvalue weighted by molar-refractivity contribution is -0.126. The van der Waals surface area contributed by atoms with Crippen LogP contribution >= 0.6 is 0 Å². The molecule has 5 heteroatoms. The minimum absolute atomic E-state index is 0.0114. The molecule has 2 fully saturated rings. The van der Waals surface area contributed by atoms with Gasteiger partial charge in [-0.15, -0.1) is 0 Å². The first-order valence-corrected chi connectivity index (χ1v) is 5.77. The zero-order valence-electron chi connectivity index (χ0n) is 9.80. The van der Waals surface area contributed by atoms with Crippen molar-refractivity contribution in [1.29, 1.82) is 0 Å². The molecule has 0 aromatic carbocycles. The third kappa shape index (κ3) is 2.52. The van der Waals surface area contributed by atoms with Gasteiger partial charge in [-0.2, -0.15) is 0 Å². The van der Waals surface area contributed by atoms with Crippen molar-refractivity contribution in [1.82, 2.24) is 16.0 Å². The highest BCUT2D eigenvalue weighted by Gasteiger charge is 2.45. The summed E-state index contributed by atoms with van der Waals surface area (Å²) in [6, 6.07) is -0.278. The van der Waals surface area contributed by atoms with E-state index >= 15 is 0 Å². The molecular weight excluding hydrogens is 206 g/mol. The Morgan fingerprint density at radius 3 is 2.75 bits per heavy atom. The van der Waals surface area contributed by atoms with Crippen molar-refractivity contribution in [3.05, 3.63) is 0 Å². The van der Waals surface area contributed by atoms with Crippen LogP contribution in [-0.2, 0) is 9.59 Å². The molecular formula is C11H19N3O2. The normalized spacial score (nSPS) is 31.8. The summed E-state index contributed by atoms with van der Waals surface area (Å²) in [5, 5.41) is 8.51. The van der Waals surface area contributed by atoms with Gasteiger partial charge in [0.05, 0.1) is 6.54 Å². The Bertz CT molecular complexity index is 304.